The van der Waals surface area contributed by atoms with Crippen molar-refractivity contribution in [3.05, 3.63) is 28.2 Å². The summed E-state index contributed by atoms with van der Waals surface area (Å²) >= 11 is 11.9. The van der Waals surface area contributed by atoms with E-state index in [-0.39, 0.29) is 12.5 Å². The highest BCUT2D eigenvalue weighted by molar-refractivity contribution is 6.39. The zero-order valence-electron chi connectivity index (χ0n) is 10.6. The average molecular weight is 289 g/mol. The SMILES string of the molecule is CCC(CC)NCC(=O)Nc1c(Cl)cccc1Cl. The zero-order valence-corrected chi connectivity index (χ0v) is 12.1. The van der Waals surface area contributed by atoms with E-state index in [0.29, 0.717) is 21.8 Å². The van der Waals surface area contributed by atoms with Gasteiger partial charge in [-0.3, -0.25) is 4.79 Å². The number of hydrogen-bond donors (Lipinski definition) is 2. The van der Waals surface area contributed by atoms with E-state index in [0.717, 1.165) is 12.8 Å². The third-order valence-electron chi connectivity index (χ3n) is 2.76. The number of nitrogens with one attached hydrogen (secondary N) is 2. The van der Waals surface area contributed by atoms with Gasteiger partial charge < -0.3 is 10.6 Å². The van der Waals surface area contributed by atoms with Crippen LogP contribution in [0.2, 0.25) is 10.0 Å². The highest BCUT2D eigenvalue weighted by Crippen LogP contribution is 2.29. The van der Waals surface area contributed by atoms with Gasteiger partial charge in [0.15, 0.2) is 0 Å². The summed E-state index contributed by atoms with van der Waals surface area (Å²) in [6.07, 6.45) is 1.99. The van der Waals surface area contributed by atoms with E-state index in [4.69, 9.17) is 23.2 Å². The lowest BCUT2D eigenvalue weighted by Crippen LogP contribution is -2.35. The van der Waals surface area contributed by atoms with Crippen LogP contribution in [0.5, 0.6) is 0 Å². The predicted octanol–water partition coefficient (Wildman–Crippen LogP) is 3.71. The predicted molar refractivity (Wildman–Crippen MR) is 77.5 cm³/mol. The van der Waals surface area contributed by atoms with Crippen LogP contribution < -0.4 is 10.6 Å². The zero-order chi connectivity index (χ0) is 13.5. The maximum atomic E-state index is 11.8. The Morgan fingerprint density at radius 2 is 1.78 bits per heavy atom. The molecule has 5 heteroatoms. The number of rotatable bonds is 6. The summed E-state index contributed by atoms with van der Waals surface area (Å²) in [6.45, 7) is 4.43. The van der Waals surface area contributed by atoms with Crippen LogP contribution in [0, 0.1) is 0 Å². The summed E-state index contributed by atoms with van der Waals surface area (Å²) in [5.41, 5.74) is 0.470. The molecule has 0 aliphatic rings. The van der Waals surface area contributed by atoms with Crippen molar-refractivity contribution in [1.29, 1.82) is 0 Å². The van der Waals surface area contributed by atoms with Crippen molar-refractivity contribution < 1.29 is 4.79 Å². The molecule has 0 radical (unpaired) electrons. The van der Waals surface area contributed by atoms with E-state index in [1.54, 1.807) is 18.2 Å². The van der Waals surface area contributed by atoms with Gasteiger partial charge in [-0.2, -0.15) is 0 Å². The first-order valence-corrected chi connectivity index (χ1v) is 6.81. The molecule has 0 spiro atoms. The lowest BCUT2D eigenvalue weighted by atomic mass is 10.2. The number of para-hydroxylation sites is 1. The molecule has 0 aliphatic carbocycles. The van der Waals surface area contributed by atoms with E-state index in [9.17, 15) is 4.79 Å². The summed E-state index contributed by atoms with van der Waals surface area (Å²) in [7, 11) is 0. The number of halogens is 2. The fourth-order valence-corrected chi connectivity index (χ4v) is 2.11. The summed E-state index contributed by atoms with van der Waals surface area (Å²) in [5, 5.41) is 6.78. The van der Waals surface area contributed by atoms with Crippen molar-refractivity contribution in [1.82, 2.24) is 5.32 Å². The lowest BCUT2D eigenvalue weighted by Gasteiger charge is -2.15. The van der Waals surface area contributed by atoms with Crippen molar-refractivity contribution in [3.63, 3.8) is 0 Å². The van der Waals surface area contributed by atoms with Crippen molar-refractivity contribution in [2.45, 2.75) is 32.7 Å². The standard InChI is InChI=1S/C13H18Cl2N2O/c1-3-9(4-2)16-8-12(18)17-13-10(14)6-5-7-11(13)15/h5-7,9,16H,3-4,8H2,1-2H3,(H,17,18). The van der Waals surface area contributed by atoms with Gasteiger partial charge in [0.25, 0.3) is 0 Å². The second-order valence-electron chi connectivity index (χ2n) is 4.04. The second-order valence-corrected chi connectivity index (χ2v) is 4.85. The maximum Gasteiger partial charge on any atom is 0.238 e. The van der Waals surface area contributed by atoms with E-state index >= 15 is 0 Å². The molecule has 0 saturated carbocycles. The first-order chi connectivity index (χ1) is 8.58. The third kappa shape index (κ3) is 4.48. The highest BCUT2D eigenvalue weighted by Gasteiger charge is 2.10. The van der Waals surface area contributed by atoms with Gasteiger partial charge in [0.2, 0.25) is 5.91 Å². The fourth-order valence-electron chi connectivity index (χ4n) is 1.62. The summed E-state index contributed by atoms with van der Waals surface area (Å²) < 4.78 is 0. The summed E-state index contributed by atoms with van der Waals surface area (Å²) in [4.78, 5) is 11.8. The number of carbonyl (C=O) groups is 1. The number of anilines is 1. The molecule has 0 atom stereocenters. The van der Waals surface area contributed by atoms with Crippen LogP contribution in [0.15, 0.2) is 18.2 Å². The molecule has 2 N–H and O–H groups in total. The van der Waals surface area contributed by atoms with Crippen LogP contribution >= 0.6 is 23.2 Å². The topological polar surface area (TPSA) is 41.1 Å². The minimum absolute atomic E-state index is 0.142. The van der Waals surface area contributed by atoms with Crippen molar-refractivity contribution >= 4 is 34.8 Å². The Balaban J connectivity index is 2.55. The third-order valence-corrected chi connectivity index (χ3v) is 3.39. The molecule has 100 valence electrons. The van der Waals surface area contributed by atoms with E-state index in [1.807, 2.05) is 0 Å². The average Bonchev–Trinajstić information content (AvgIpc) is 2.35. The molecule has 0 aromatic heterocycles. The molecule has 1 aromatic rings. The Kier molecular flexibility index (Phi) is 6.47. The van der Waals surface area contributed by atoms with E-state index in [2.05, 4.69) is 24.5 Å². The van der Waals surface area contributed by atoms with Gasteiger partial charge >= 0.3 is 0 Å². The molecule has 0 fully saturated rings. The minimum Gasteiger partial charge on any atom is -0.322 e. The highest BCUT2D eigenvalue weighted by atomic mass is 35.5. The van der Waals surface area contributed by atoms with Gasteiger partial charge in [-0.25, -0.2) is 0 Å². The molecule has 0 saturated heterocycles. The van der Waals surface area contributed by atoms with Crippen LogP contribution in [0.25, 0.3) is 0 Å². The van der Waals surface area contributed by atoms with Gasteiger partial charge in [-0.15, -0.1) is 0 Å². The Hall–Kier alpha value is -0.770. The first kappa shape index (κ1) is 15.3. The monoisotopic (exact) mass is 288 g/mol. The van der Waals surface area contributed by atoms with Crippen LogP contribution in [0.4, 0.5) is 5.69 Å². The van der Waals surface area contributed by atoms with Crippen LogP contribution in [-0.4, -0.2) is 18.5 Å². The Bertz CT molecular complexity index is 386. The van der Waals surface area contributed by atoms with Crippen LogP contribution in [-0.2, 0) is 4.79 Å². The normalized spacial score (nSPS) is 10.7. The van der Waals surface area contributed by atoms with Crippen molar-refractivity contribution in [2.75, 3.05) is 11.9 Å². The largest absolute Gasteiger partial charge is 0.322 e. The van der Waals surface area contributed by atoms with Gasteiger partial charge in [0, 0.05) is 6.04 Å². The molecule has 0 heterocycles. The number of benzene rings is 1. The number of carbonyl (C=O) groups excluding carboxylic acids is 1. The van der Waals surface area contributed by atoms with Crippen LogP contribution in [0.1, 0.15) is 26.7 Å². The smallest absolute Gasteiger partial charge is 0.238 e. The van der Waals surface area contributed by atoms with Gasteiger partial charge in [0.1, 0.15) is 0 Å². The number of amides is 1. The van der Waals surface area contributed by atoms with Crippen molar-refractivity contribution in [2.24, 2.45) is 0 Å². The Morgan fingerprint density at radius 1 is 1.22 bits per heavy atom. The maximum absolute atomic E-state index is 11.8. The van der Waals surface area contributed by atoms with Gasteiger partial charge in [-0.05, 0) is 25.0 Å². The number of hydrogen-bond acceptors (Lipinski definition) is 2. The second kappa shape index (κ2) is 7.62. The molecule has 3 nitrogen and oxygen atoms in total. The van der Waals surface area contributed by atoms with Gasteiger partial charge in [-0.1, -0.05) is 43.1 Å². The van der Waals surface area contributed by atoms with Crippen LogP contribution in [0.3, 0.4) is 0 Å². The summed E-state index contributed by atoms with van der Waals surface area (Å²) in [5.74, 6) is -0.142. The molecule has 1 amide bonds. The fraction of sp³-hybridized carbons (Fsp3) is 0.462. The molecule has 0 aliphatic heterocycles. The lowest BCUT2D eigenvalue weighted by molar-refractivity contribution is -0.115. The van der Waals surface area contributed by atoms with E-state index in [1.165, 1.54) is 0 Å². The molecular weight excluding hydrogens is 271 g/mol. The molecule has 1 rings (SSSR count). The quantitative estimate of drug-likeness (QED) is 0.838. The molecular formula is C13H18Cl2N2O. The molecule has 0 unspecified atom stereocenters. The van der Waals surface area contributed by atoms with E-state index < -0.39 is 0 Å². The molecule has 1 aromatic carbocycles. The molecule has 18 heavy (non-hydrogen) atoms. The van der Waals surface area contributed by atoms with Crippen molar-refractivity contribution in [3.8, 4) is 0 Å². The Morgan fingerprint density at radius 3 is 2.28 bits per heavy atom. The Labute approximate surface area is 118 Å². The summed E-state index contributed by atoms with van der Waals surface area (Å²) in [6, 6.07) is 5.48. The minimum atomic E-state index is -0.142. The first-order valence-electron chi connectivity index (χ1n) is 6.05. The van der Waals surface area contributed by atoms with Gasteiger partial charge in [0.05, 0.1) is 22.3 Å². The molecule has 0 bridgehead atoms.